The van der Waals surface area contributed by atoms with Crippen LogP contribution >= 0.6 is 0 Å². The van der Waals surface area contributed by atoms with Gasteiger partial charge in [0.2, 0.25) is 5.91 Å². The lowest BCUT2D eigenvalue weighted by Gasteiger charge is -2.35. The van der Waals surface area contributed by atoms with E-state index in [4.69, 9.17) is 4.74 Å². The molecule has 2 aromatic heterocycles. The monoisotopic (exact) mass is 372 g/mol. The lowest BCUT2D eigenvalue weighted by Crippen LogP contribution is -2.47. The molecule has 0 aromatic carbocycles. The van der Waals surface area contributed by atoms with Crippen molar-refractivity contribution in [2.75, 3.05) is 33.8 Å². The van der Waals surface area contributed by atoms with Gasteiger partial charge in [0.1, 0.15) is 5.69 Å². The van der Waals surface area contributed by atoms with E-state index in [1.165, 1.54) is 0 Å². The Balaban J connectivity index is 1.36. The number of aromatic nitrogens is 3. The molecule has 0 aliphatic carbocycles. The van der Waals surface area contributed by atoms with Gasteiger partial charge in [-0.3, -0.25) is 14.5 Å². The minimum Gasteiger partial charge on any atom is -0.375 e. The number of nitrogens with zero attached hydrogens (tertiary/aromatic N) is 5. The van der Waals surface area contributed by atoms with Crippen LogP contribution in [0.15, 0.2) is 24.5 Å². The number of fused-ring (bicyclic) bond motifs is 2. The molecular formula is C18H24N6O3. The molecule has 2 aliphatic rings. The molecule has 4 rings (SSSR count). The summed E-state index contributed by atoms with van der Waals surface area (Å²) in [5.74, 6) is -0.103. The first-order chi connectivity index (χ1) is 13.0. The van der Waals surface area contributed by atoms with Crippen molar-refractivity contribution >= 4 is 17.5 Å². The van der Waals surface area contributed by atoms with Gasteiger partial charge in [-0.25, -0.2) is 9.50 Å². The highest BCUT2D eigenvalue weighted by Gasteiger charge is 2.38. The molecule has 0 bridgehead atoms. The van der Waals surface area contributed by atoms with Gasteiger partial charge in [-0.15, -0.1) is 0 Å². The number of hydrogen-bond acceptors (Lipinski definition) is 6. The molecule has 144 valence electrons. The van der Waals surface area contributed by atoms with Crippen LogP contribution in [0.2, 0.25) is 0 Å². The fourth-order valence-electron chi connectivity index (χ4n) is 3.79. The Morgan fingerprint density at radius 3 is 3.04 bits per heavy atom. The van der Waals surface area contributed by atoms with E-state index in [-0.39, 0.29) is 30.0 Å². The Hall–Kier alpha value is -2.52. The summed E-state index contributed by atoms with van der Waals surface area (Å²) >= 11 is 0. The minimum atomic E-state index is -0.175. The predicted octanol–water partition coefficient (Wildman–Crippen LogP) is -0.221. The van der Waals surface area contributed by atoms with Crippen LogP contribution in [-0.4, -0.2) is 88.2 Å². The van der Waals surface area contributed by atoms with Gasteiger partial charge in [0, 0.05) is 45.5 Å². The number of imidazole rings is 1. The summed E-state index contributed by atoms with van der Waals surface area (Å²) in [7, 11) is 3.51. The van der Waals surface area contributed by atoms with E-state index in [0.717, 1.165) is 13.0 Å². The van der Waals surface area contributed by atoms with Crippen LogP contribution in [0, 0.1) is 0 Å². The second-order valence-electron chi connectivity index (χ2n) is 7.40. The Bertz CT molecular complexity index is 850. The van der Waals surface area contributed by atoms with Gasteiger partial charge in [-0.1, -0.05) is 0 Å². The van der Waals surface area contributed by atoms with Crippen molar-refractivity contribution in [1.82, 2.24) is 29.7 Å². The smallest absolute Gasteiger partial charge is 0.271 e. The van der Waals surface area contributed by atoms with Crippen LogP contribution in [-0.2, 0) is 9.53 Å². The first kappa shape index (κ1) is 17.9. The fraction of sp³-hybridized carbons (Fsp3) is 0.556. The van der Waals surface area contributed by atoms with E-state index in [1.54, 1.807) is 42.0 Å². The molecule has 0 unspecified atom stereocenters. The van der Waals surface area contributed by atoms with Gasteiger partial charge in [-0.2, -0.15) is 5.10 Å². The maximum absolute atomic E-state index is 12.7. The third-order valence-electron chi connectivity index (χ3n) is 5.24. The first-order valence-electron chi connectivity index (χ1n) is 9.16. The van der Waals surface area contributed by atoms with E-state index in [2.05, 4.69) is 20.3 Å². The van der Waals surface area contributed by atoms with E-state index in [0.29, 0.717) is 30.9 Å². The van der Waals surface area contributed by atoms with Crippen molar-refractivity contribution in [2.45, 2.75) is 31.0 Å². The predicted molar refractivity (Wildman–Crippen MR) is 97.3 cm³/mol. The summed E-state index contributed by atoms with van der Waals surface area (Å²) in [6.45, 7) is 2.07. The van der Waals surface area contributed by atoms with Crippen LogP contribution in [0.5, 0.6) is 0 Å². The number of morpholine rings is 1. The summed E-state index contributed by atoms with van der Waals surface area (Å²) in [5, 5.41) is 7.28. The average molecular weight is 372 g/mol. The normalized spacial score (nSPS) is 25.3. The maximum Gasteiger partial charge on any atom is 0.271 e. The summed E-state index contributed by atoms with van der Waals surface area (Å²) < 4.78 is 7.42. The average Bonchev–Trinajstić information content (AvgIpc) is 3.24. The summed E-state index contributed by atoms with van der Waals surface area (Å²) in [6.07, 6.45) is 4.32. The Morgan fingerprint density at radius 2 is 2.22 bits per heavy atom. The zero-order valence-corrected chi connectivity index (χ0v) is 15.5. The molecule has 2 amide bonds. The summed E-state index contributed by atoms with van der Waals surface area (Å²) in [5.41, 5.74) is 1.08. The highest BCUT2D eigenvalue weighted by molar-refractivity contribution is 5.93. The topological polar surface area (TPSA) is 92.1 Å². The zero-order valence-electron chi connectivity index (χ0n) is 15.5. The van der Waals surface area contributed by atoms with Crippen LogP contribution in [0.25, 0.3) is 5.65 Å². The molecule has 2 aromatic rings. The van der Waals surface area contributed by atoms with Crippen LogP contribution in [0.4, 0.5) is 0 Å². The van der Waals surface area contributed by atoms with Crippen molar-refractivity contribution in [3.05, 3.63) is 30.2 Å². The van der Waals surface area contributed by atoms with E-state index < -0.39 is 0 Å². The maximum atomic E-state index is 12.7. The molecule has 0 spiro atoms. The van der Waals surface area contributed by atoms with Gasteiger partial charge in [0.15, 0.2) is 5.65 Å². The second kappa shape index (κ2) is 7.24. The van der Waals surface area contributed by atoms with Crippen LogP contribution in [0.3, 0.4) is 0 Å². The van der Waals surface area contributed by atoms with Crippen molar-refractivity contribution in [3.63, 3.8) is 0 Å². The Kier molecular flexibility index (Phi) is 4.79. The van der Waals surface area contributed by atoms with E-state index >= 15 is 0 Å². The zero-order chi connectivity index (χ0) is 19.0. The number of ether oxygens (including phenoxy) is 1. The fourth-order valence-corrected chi connectivity index (χ4v) is 3.79. The molecule has 2 saturated heterocycles. The van der Waals surface area contributed by atoms with Gasteiger partial charge < -0.3 is 15.0 Å². The van der Waals surface area contributed by atoms with E-state index in [9.17, 15) is 9.59 Å². The van der Waals surface area contributed by atoms with Crippen LogP contribution < -0.4 is 5.32 Å². The number of amides is 2. The Morgan fingerprint density at radius 1 is 1.37 bits per heavy atom. The van der Waals surface area contributed by atoms with Gasteiger partial charge >= 0.3 is 0 Å². The number of carbonyl (C=O) groups is 2. The largest absolute Gasteiger partial charge is 0.375 e. The lowest BCUT2D eigenvalue weighted by atomic mass is 10.1. The van der Waals surface area contributed by atoms with Crippen molar-refractivity contribution in [3.8, 4) is 0 Å². The van der Waals surface area contributed by atoms with Gasteiger partial charge in [0.25, 0.3) is 5.91 Å². The molecule has 2 aliphatic heterocycles. The molecule has 2 fully saturated rings. The molecule has 9 nitrogen and oxygen atoms in total. The quantitative estimate of drug-likeness (QED) is 0.798. The standard InChI is InChI=1S/C18H24N6O3/c1-22(2)17(25)7-14-10-23-9-12(6-13(23)11-27-14)21-18(26)15-8-19-16-4-3-5-20-24(15)16/h3-5,8,12-14H,6-7,9-11H2,1-2H3,(H,21,26)/t12-,13+,14+/m1/s1. The molecule has 9 heteroatoms. The van der Waals surface area contributed by atoms with Crippen LogP contribution in [0.1, 0.15) is 23.3 Å². The highest BCUT2D eigenvalue weighted by Crippen LogP contribution is 2.24. The highest BCUT2D eigenvalue weighted by atomic mass is 16.5. The van der Waals surface area contributed by atoms with E-state index in [1.807, 2.05) is 6.07 Å². The van der Waals surface area contributed by atoms with Gasteiger partial charge in [-0.05, 0) is 18.6 Å². The molecule has 27 heavy (non-hydrogen) atoms. The Labute approximate surface area is 157 Å². The molecule has 0 radical (unpaired) electrons. The molecule has 1 N–H and O–H groups in total. The van der Waals surface area contributed by atoms with Gasteiger partial charge in [0.05, 0.1) is 25.3 Å². The first-order valence-corrected chi connectivity index (χ1v) is 9.16. The SMILES string of the molecule is CN(C)C(=O)C[C@H]1CN2C[C@H](NC(=O)c3cnc4cccnn34)C[C@H]2CO1. The second-order valence-corrected chi connectivity index (χ2v) is 7.40. The lowest BCUT2D eigenvalue weighted by molar-refractivity contribution is -0.134. The molecule has 0 saturated carbocycles. The summed E-state index contributed by atoms with van der Waals surface area (Å²) in [4.78, 5) is 32.7. The van der Waals surface area contributed by atoms with Crippen molar-refractivity contribution in [2.24, 2.45) is 0 Å². The molecule has 4 heterocycles. The third-order valence-corrected chi connectivity index (χ3v) is 5.24. The van der Waals surface area contributed by atoms with Crippen molar-refractivity contribution < 1.29 is 14.3 Å². The number of nitrogens with one attached hydrogen (secondary N) is 1. The third kappa shape index (κ3) is 3.65. The summed E-state index contributed by atoms with van der Waals surface area (Å²) in [6, 6.07) is 3.92. The number of carbonyl (C=O) groups excluding carboxylic acids is 2. The van der Waals surface area contributed by atoms with Crippen molar-refractivity contribution in [1.29, 1.82) is 0 Å². The minimum absolute atomic E-state index is 0.0451. The molecular weight excluding hydrogens is 348 g/mol. The molecule has 3 atom stereocenters. The number of rotatable bonds is 4. The number of hydrogen-bond donors (Lipinski definition) is 1.